The molecule has 2 fully saturated rings. The summed E-state index contributed by atoms with van der Waals surface area (Å²) in [6.45, 7) is 13.5. The smallest absolute Gasteiger partial charge is 0.155 e. The Labute approximate surface area is 256 Å². The zero-order chi connectivity index (χ0) is 30.4. The number of methoxy groups -OCH3 is 1. The molecule has 3 N–H and O–H groups in total. The van der Waals surface area contributed by atoms with Crippen molar-refractivity contribution in [2.75, 3.05) is 7.11 Å². The Balaban J connectivity index is 1.36. The molecule has 0 amide bonds. The lowest BCUT2D eigenvalue weighted by Gasteiger charge is -2.49. The van der Waals surface area contributed by atoms with Gasteiger partial charge < -0.3 is 29.1 Å². The van der Waals surface area contributed by atoms with E-state index in [0.29, 0.717) is 29.3 Å². The molecule has 0 radical (unpaired) electrons. The second-order valence-corrected chi connectivity index (χ2v) is 16.7. The fraction of sp³-hybridized carbons (Fsp3) is 0.829. The summed E-state index contributed by atoms with van der Waals surface area (Å²) in [5.74, 6) is 1.94. The molecule has 5 aliphatic rings. The Hall–Kier alpha value is -0.910. The highest BCUT2D eigenvalue weighted by Crippen LogP contribution is 2.53. The predicted octanol–water partition coefficient (Wildman–Crippen LogP) is 8.44. The van der Waals surface area contributed by atoms with E-state index in [-0.39, 0.29) is 61.8 Å². The quantitative estimate of drug-likeness (QED) is 0.208. The summed E-state index contributed by atoms with van der Waals surface area (Å²) in [6, 6.07) is 0. The first kappa shape index (κ1) is 32.5. The second kappa shape index (κ2) is 12.8. The molecule has 5 aliphatic carbocycles. The third-order valence-electron chi connectivity index (χ3n) is 11.5. The van der Waals surface area contributed by atoms with Crippen LogP contribution in [0.4, 0.5) is 0 Å². The molecule has 0 aromatic heterocycles. The Kier molecular flexibility index (Phi) is 9.93. The Morgan fingerprint density at radius 3 is 2.38 bits per heavy atom. The average Bonchev–Trinajstić information content (AvgIpc) is 2.92. The van der Waals surface area contributed by atoms with Crippen molar-refractivity contribution in [3.05, 3.63) is 35.3 Å². The molecular formula is C35H57O6P. The maximum atomic E-state index is 11.7. The summed E-state index contributed by atoms with van der Waals surface area (Å²) < 4.78 is 19.3. The van der Waals surface area contributed by atoms with Crippen LogP contribution in [0.25, 0.3) is 0 Å². The molecular weight excluding hydrogens is 547 g/mol. The van der Waals surface area contributed by atoms with E-state index in [0.717, 1.165) is 63.4 Å². The lowest BCUT2D eigenvalue weighted by Crippen LogP contribution is -2.51. The largest absolute Gasteiger partial charge is 0.512 e. The van der Waals surface area contributed by atoms with Crippen molar-refractivity contribution in [3.8, 4) is 0 Å². The maximum absolute atomic E-state index is 11.7. The van der Waals surface area contributed by atoms with Gasteiger partial charge in [-0.15, -0.1) is 0 Å². The van der Waals surface area contributed by atoms with Crippen LogP contribution in [0.1, 0.15) is 99.3 Å². The van der Waals surface area contributed by atoms with Crippen LogP contribution in [-0.2, 0) is 13.8 Å². The highest BCUT2D eigenvalue weighted by molar-refractivity contribution is 7.26. The summed E-state index contributed by atoms with van der Waals surface area (Å²) >= 11 is 0. The molecule has 7 heteroatoms. The standard InChI is InChI=1S/C35H57O6P/c1-34(2,3)25-14-10-13-23(24-18-22(39-7)19-26(31(24)37)35(4,5)6)33(25)41-42-40-28-16-9-12-21-17-20-11-8-15-27(36)29(20)32(38)30(21)28/h9,15-16,20-23,25-26,28-30,32-33,36-38,42H,8,10-14,17-19H2,1-7H3. The molecule has 2 saturated carbocycles. The van der Waals surface area contributed by atoms with Crippen LogP contribution < -0.4 is 0 Å². The predicted molar refractivity (Wildman–Crippen MR) is 169 cm³/mol. The topological polar surface area (TPSA) is 88.4 Å². The molecule has 238 valence electrons. The van der Waals surface area contributed by atoms with E-state index in [9.17, 15) is 15.3 Å². The van der Waals surface area contributed by atoms with Gasteiger partial charge in [0.1, 0.15) is 0 Å². The second-order valence-electron chi connectivity index (χ2n) is 16.1. The van der Waals surface area contributed by atoms with Gasteiger partial charge in [-0.1, -0.05) is 60.1 Å². The van der Waals surface area contributed by atoms with Gasteiger partial charge in [0.15, 0.2) is 9.03 Å². The van der Waals surface area contributed by atoms with E-state index >= 15 is 0 Å². The van der Waals surface area contributed by atoms with Gasteiger partial charge in [-0.3, -0.25) is 0 Å². The molecule has 6 nitrogen and oxygen atoms in total. The maximum Gasteiger partial charge on any atom is 0.155 e. The third-order valence-corrected chi connectivity index (χ3v) is 12.3. The summed E-state index contributed by atoms with van der Waals surface area (Å²) in [4.78, 5) is 0. The number of rotatable bonds is 6. The number of aliphatic hydroxyl groups is 3. The minimum absolute atomic E-state index is 0.0401. The zero-order valence-electron chi connectivity index (χ0n) is 27.0. The molecule has 0 bridgehead atoms. The fourth-order valence-electron chi connectivity index (χ4n) is 9.22. The number of fused-ring (bicyclic) bond motifs is 2. The van der Waals surface area contributed by atoms with Gasteiger partial charge in [0.2, 0.25) is 0 Å². The molecule has 12 unspecified atom stereocenters. The van der Waals surface area contributed by atoms with Crippen LogP contribution in [0.15, 0.2) is 35.3 Å². The fourth-order valence-corrected chi connectivity index (χ4v) is 10.1. The number of hydrogen-bond acceptors (Lipinski definition) is 6. The molecule has 0 heterocycles. The van der Waals surface area contributed by atoms with Gasteiger partial charge in [0.05, 0.1) is 35.9 Å². The first-order valence-corrected chi connectivity index (χ1v) is 17.4. The van der Waals surface area contributed by atoms with Crippen LogP contribution in [0, 0.1) is 52.3 Å². The first-order valence-electron chi connectivity index (χ1n) is 16.6. The summed E-state index contributed by atoms with van der Waals surface area (Å²) in [5.41, 5.74) is 1.12. The molecule has 0 aromatic carbocycles. The van der Waals surface area contributed by atoms with Crippen LogP contribution in [0.2, 0.25) is 0 Å². The van der Waals surface area contributed by atoms with Gasteiger partial charge in [0.25, 0.3) is 0 Å². The number of hydrogen-bond donors (Lipinski definition) is 3. The Morgan fingerprint density at radius 1 is 0.929 bits per heavy atom. The number of aliphatic hydroxyl groups excluding tert-OH is 3. The lowest BCUT2D eigenvalue weighted by molar-refractivity contribution is -0.0847. The lowest BCUT2D eigenvalue weighted by atomic mass is 9.60. The third kappa shape index (κ3) is 6.54. The first-order chi connectivity index (χ1) is 19.8. The summed E-state index contributed by atoms with van der Waals surface area (Å²) in [6.07, 6.45) is 14.1. The SMILES string of the molecule is COC1CC(C2CCCC(C(C)(C)C)C2OPOC2C=CCC3CC4CCC=C(O)C4C(O)C32)=C(O)C(C(C)(C)C)C1. The van der Waals surface area contributed by atoms with Crippen molar-refractivity contribution in [2.24, 2.45) is 52.3 Å². The van der Waals surface area contributed by atoms with E-state index in [1.807, 2.05) is 6.08 Å². The van der Waals surface area contributed by atoms with Crippen LogP contribution in [0.5, 0.6) is 0 Å². The molecule has 0 saturated heterocycles. The van der Waals surface area contributed by atoms with E-state index in [2.05, 4.69) is 53.7 Å². The number of ether oxygens (including phenoxy) is 1. The molecule has 0 aliphatic heterocycles. The van der Waals surface area contributed by atoms with Gasteiger partial charge in [-0.05, 0) is 91.6 Å². The molecule has 0 aromatic rings. The van der Waals surface area contributed by atoms with Crippen molar-refractivity contribution < 1.29 is 29.1 Å². The van der Waals surface area contributed by atoms with Crippen LogP contribution in [0.3, 0.4) is 0 Å². The number of allylic oxidation sites excluding steroid dienone is 3. The van der Waals surface area contributed by atoms with Crippen molar-refractivity contribution in [1.82, 2.24) is 0 Å². The van der Waals surface area contributed by atoms with Gasteiger partial charge in [-0.2, -0.15) is 0 Å². The Bertz CT molecular complexity index is 1040. The molecule has 12 atom stereocenters. The van der Waals surface area contributed by atoms with Crippen molar-refractivity contribution in [1.29, 1.82) is 0 Å². The van der Waals surface area contributed by atoms with Gasteiger partial charge in [-0.25, -0.2) is 0 Å². The minimum Gasteiger partial charge on any atom is -0.512 e. The van der Waals surface area contributed by atoms with Crippen LogP contribution in [-0.4, -0.2) is 46.8 Å². The van der Waals surface area contributed by atoms with E-state index < -0.39 is 6.10 Å². The Morgan fingerprint density at radius 2 is 1.69 bits per heavy atom. The van der Waals surface area contributed by atoms with E-state index in [4.69, 9.17) is 13.8 Å². The highest BCUT2D eigenvalue weighted by atomic mass is 31.1. The van der Waals surface area contributed by atoms with Crippen LogP contribution >= 0.6 is 9.03 Å². The van der Waals surface area contributed by atoms with Crippen molar-refractivity contribution in [2.45, 2.75) is 124 Å². The average molecular weight is 605 g/mol. The van der Waals surface area contributed by atoms with E-state index in [1.165, 1.54) is 0 Å². The zero-order valence-corrected chi connectivity index (χ0v) is 28.0. The van der Waals surface area contributed by atoms with Gasteiger partial charge >= 0.3 is 0 Å². The highest BCUT2D eigenvalue weighted by Gasteiger charge is 2.50. The molecule has 0 spiro atoms. The van der Waals surface area contributed by atoms with Crippen molar-refractivity contribution in [3.63, 3.8) is 0 Å². The normalized spacial score (nSPS) is 41.5. The molecule has 5 rings (SSSR count). The van der Waals surface area contributed by atoms with E-state index in [1.54, 1.807) is 7.11 Å². The minimum atomic E-state index is -0.612. The summed E-state index contributed by atoms with van der Waals surface area (Å²) in [5, 5.41) is 33.9. The monoisotopic (exact) mass is 604 g/mol. The van der Waals surface area contributed by atoms with Crippen molar-refractivity contribution >= 4 is 9.03 Å². The molecule has 42 heavy (non-hydrogen) atoms. The van der Waals surface area contributed by atoms with Gasteiger partial charge in [0, 0.05) is 30.8 Å². The summed E-state index contributed by atoms with van der Waals surface area (Å²) in [7, 11) is 1.64.